The highest BCUT2D eigenvalue weighted by atomic mass is 14.3. The van der Waals surface area contributed by atoms with Gasteiger partial charge in [0.1, 0.15) is 0 Å². The molecule has 1 fully saturated rings. The Morgan fingerprint density at radius 2 is 2.08 bits per heavy atom. The van der Waals surface area contributed by atoms with Gasteiger partial charge >= 0.3 is 0 Å². The van der Waals surface area contributed by atoms with E-state index in [1.54, 1.807) is 0 Å². The van der Waals surface area contributed by atoms with Crippen LogP contribution in [-0.4, -0.2) is 0 Å². The predicted molar refractivity (Wildman–Crippen MR) is 59.7 cm³/mol. The first-order valence-electron chi connectivity index (χ1n) is 5.66. The molecule has 0 heterocycles. The highest BCUT2D eigenvalue weighted by molar-refractivity contribution is 4.96. The molecule has 0 heteroatoms. The molecule has 0 spiro atoms. The Morgan fingerprint density at radius 1 is 1.23 bits per heavy atom. The van der Waals surface area contributed by atoms with Gasteiger partial charge < -0.3 is 0 Å². The van der Waals surface area contributed by atoms with E-state index < -0.39 is 0 Å². The molecular formula is C13H22. The lowest BCUT2D eigenvalue weighted by molar-refractivity contribution is 0.463. The average molecular weight is 178 g/mol. The Kier molecular flexibility index (Phi) is 4.88. The van der Waals surface area contributed by atoms with Gasteiger partial charge in [-0.2, -0.15) is 0 Å². The SMILES string of the molecule is CC=CC[C@H]1CCC[C@@H]1C=CCC. The summed E-state index contributed by atoms with van der Waals surface area (Å²) >= 11 is 0. The molecule has 0 unspecified atom stereocenters. The zero-order valence-corrected chi connectivity index (χ0v) is 9.00. The zero-order valence-electron chi connectivity index (χ0n) is 9.00. The maximum Gasteiger partial charge on any atom is -0.0202 e. The molecule has 1 rings (SSSR count). The van der Waals surface area contributed by atoms with Crippen LogP contribution in [0.4, 0.5) is 0 Å². The van der Waals surface area contributed by atoms with Crippen LogP contribution in [0.25, 0.3) is 0 Å². The molecule has 0 amide bonds. The minimum Gasteiger partial charge on any atom is -0.0917 e. The summed E-state index contributed by atoms with van der Waals surface area (Å²) in [5.74, 6) is 1.80. The molecule has 0 aromatic heterocycles. The molecule has 1 saturated carbocycles. The Morgan fingerprint density at radius 3 is 2.77 bits per heavy atom. The van der Waals surface area contributed by atoms with Crippen LogP contribution < -0.4 is 0 Å². The van der Waals surface area contributed by atoms with E-state index in [0.29, 0.717) is 0 Å². The van der Waals surface area contributed by atoms with E-state index in [0.717, 1.165) is 11.8 Å². The maximum absolute atomic E-state index is 2.45. The van der Waals surface area contributed by atoms with Gasteiger partial charge in [-0.25, -0.2) is 0 Å². The summed E-state index contributed by atoms with van der Waals surface area (Å²) < 4.78 is 0. The third-order valence-electron chi connectivity index (χ3n) is 3.01. The van der Waals surface area contributed by atoms with E-state index in [-0.39, 0.29) is 0 Å². The van der Waals surface area contributed by atoms with Crippen molar-refractivity contribution < 1.29 is 0 Å². The maximum atomic E-state index is 2.45. The normalized spacial score (nSPS) is 29.4. The van der Waals surface area contributed by atoms with Gasteiger partial charge in [-0.05, 0) is 44.4 Å². The summed E-state index contributed by atoms with van der Waals surface area (Å²) in [4.78, 5) is 0. The largest absolute Gasteiger partial charge is 0.0917 e. The van der Waals surface area contributed by atoms with Crippen LogP contribution in [0.2, 0.25) is 0 Å². The fraction of sp³-hybridized carbons (Fsp3) is 0.692. The number of allylic oxidation sites excluding steroid dienone is 4. The lowest BCUT2D eigenvalue weighted by Crippen LogP contribution is -2.03. The molecule has 13 heavy (non-hydrogen) atoms. The van der Waals surface area contributed by atoms with Crippen molar-refractivity contribution in [2.24, 2.45) is 11.8 Å². The topological polar surface area (TPSA) is 0 Å². The van der Waals surface area contributed by atoms with Crippen molar-refractivity contribution in [3.8, 4) is 0 Å². The van der Waals surface area contributed by atoms with Gasteiger partial charge in [0.15, 0.2) is 0 Å². The van der Waals surface area contributed by atoms with E-state index in [2.05, 4.69) is 38.2 Å². The number of hydrogen-bond donors (Lipinski definition) is 0. The lowest BCUT2D eigenvalue weighted by atomic mass is 9.92. The summed E-state index contributed by atoms with van der Waals surface area (Å²) in [6.07, 6.45) is 16.0. The first kappa shape index (κ1) is 10.6. The Balaban J connectivity index is 2.38. The van der Waals surface area contributed by atoms with Crippen molar-refractivity contribution >= 4 is 0 Å². The summed E-state index contributed by atoms with van der Waals surface area (Å²) in [5, 5.41) is 0. The summed E-state index contributed by atoms with van der Waals surface area (Å²) in [6, 6.07) is 0. The molecule has 74 valence electrons. The minimum absolute atomic E-state index is 0.871. The lowest BCUT2D eigenvalue weighted by Gasteiger charge is -2.13. The molecule has 0 aromatic carbocycles. The minimum atomic E-state index is 0.871. The Hall–Kier alpha value is -0.520. The predicted octanol–water partition coefficient (Wildman–Crippen LogP) is 4.34. The molecule has 2 atom stereocenters. The quantitative estimate of drug-likeness (QED) is 0.562. The van der Waals surface area contributed by atoms with Gasteiger partial charge in [0.05, 0.1) is 0 Å². The van der Waals surface area contributed by atoms with Crippen LogP contribution in [0.5, 0.6) is 0 Å². The molecule has 0 bridgehead atoms. The first-order chi connectivity index (χ1) is 6.38. The summed E-state index contributed by atoms with van der Waals surface area (Å²) in [6.45, 7) is 4.33. The molecule has 0 saturated heterocycles. The smallest absolute Gasteiger partial charge is 0.0202 e. The third kappa shape index (κ3) is 3.38. The monoisotopic (exact) mass is 178 g/mol. The zero-order chi connectivity index (χ0) is 9.52. The second-order valence-electron chi connectivity index (χ2n) is 4.00. The van der Waals surface area contributed by atoms with Crippen molar-refractivity contribution in [3.63, 3.8) is 0 Å². The van der Waals surface area contributed by atoms with E-state index in [1.807, 2.05) is 0 Å². The number of rotatable bonds is 4. The van der Waals surface area contributed by atoms with E-state index in [9.17, 15) is 0 Å². The Labute approximate surface area is 82.7 Å². The molecule has 0 aromatic rings. The van der Waals surface area contributed by atoms with Gasteiger partial charge in [-0.3, -0.25) is 0 Å². The highest BCUT2D eigenvalue weighted by Crippen LogP contribution is 2.35. The molecule has 0 N–H and O–H groups in total. The van der Waals surface area contributed by atoms with Gasteiger partial charge in [0, 0.05) is 0 Å². The molecule has 0 radical (unpaired) electrons. The van der Waals surface area contributed by atoms with E-state index in [4.69, 9.17) is 0 Å². The first-order valence-corrected chi connectivity index (χ1v) is 5.66. The van der Waals surface area contributed by atoms with E-state index in [1.165, 1.54) is 32.1 Å². The van der Waals surface area contributed by atoms with Gasteiger partial charge in [0.2, 0.25) is 0 Å². The van der Waals surface area contributed by atoms with Crippen LogP contribution in [0.3, 0.4) is 0 Å². The fourth-order valence-corrected chi connectivity index (χ4v) is 2.23. The van der Waals surface area contributed by atoms with Crippen molar-refractivity contribution in [3.05, 3.63) is 24.3 Å². The molecule has 1 aliphatic carbocycles. The van der Waals surface area contributed by atoms with Gasteiger partial charge in [-0.1, -0.05) is 37.6 Å². The second kappa shape index (κ2) is 6.01. The fourth-order valence-electron chi connectivity index (χ4n) is 2.23. The molecule has 1 aliphatic rings. The van der Waals surface area contributed by atoms with Crippen LogP contribution in [0, 0.1) is 11.8 Å². The van der Waals surface area contributed by atoms with Crippen LogP contribution in [0.15, 0.2) is 24.3 Å². The number of hydrogen-bond acceptors (Lipinski definition) is 0. The summed E-state index contributed by atoms with van der Waals surface area (Å²) in [7, 11) is 0. The molecule has 0 aliphatic heterocycles. The van der Waals surface area contributed by atoms with Crippen LogP contribution >= 0.6 is 0 Å². The van der Waals surface area contributed by atoms with Gasteiger partial charge in [0.25, 0.3) is 0 Å². The second-order valence-corrected chi connectivity index (χ2v) is 4.00. The standard InChI is InChI=1S/C13H22/c1-3-5-8-12-10-7-11-13(12)9-6-4-2/h3,5-6,9,12-13H,4,7-8,10-11H2,1-2H3/t12-,13-/m0/s1. The molecule has 0 nitrogen and oxygen atoms in total. The summed E-state index contributed by atoms with van der Waals surface area (Å²) in [5.41, 5.74) is 0. The van der Waals surface area contributed by atoms with E-state index >= 15 is 0 Å². The van der Waals surface area contributed by atoms with Crippen LogP contribution in [-0.2, 0) is 0 Å². The van der Waals surface area contributed by atoms with Crippen LogP contribution in [0.1, 0.15) is 46.0 Å². The Bertz CT molecular complexity index is 176. The average Bonchev–Trinajstić information content (AvgIpc) is 2.59. The molecular weight excluding hydrogens is 156 g/mol. The van der Waals surface area contributed by atoms with Crippen molar-refractivity contribution in [1.29, 1.82) is 0 Å². The highest BCUT2D eigenvalue weighted by Gasteiger charge is 2.23. The van der Waals surface area contributed by atoms with Gasteiger partial charge in [-0.15, -0.1) is 0 Å². The van der Waals surface area contributed by atoms with Crippen molar-refractivity contribution in [2.45, 2.75) is 46.0 Å². The van der Waals surface area contributed by atoms with Crippen molar-refractivity contribution in [1.82, 2.24) is 0 Å². The third-order valence-corrected chi connectivity index (χ3v) is 3.01. The van der Waals surface area contributed by atoms with Crippen molar-refractivity contribution in [2.75, 3.05) is 0 Å².